The minimum atomic E-state index is -0.252. The Morgan fingerprint density at radius 3 is 2.23 bits per heavy atom. The van der Waals surface area contributed by atoms with Crippen molar-refractivity contribution in [1.82, 2.24) is 9.80 Å². The number of amides is 1. The van der Waals surface area contributed by atoms with E-state index in [-0.39, 0.29) is 29.5 Å². The summed E-state index contributed by atoms with van der Waals surface area (Å²) in [4.78, 5) is 29.9. The highest BCUT2D eigenvalue weighted by Crippen LogP contribution is 2.30. The molecule has 0 aromatic heterocycles. The predicted octanol–water partition coefficient (Wildman–Crippen LogP) is 4.66. The third kappa shape index (κ3) is 5.19. The molecule has 3 fully saturated rings. The number of nitrogens with zero attached hydrogens (tertiary/aromatic N) is 2. The van der Waals surface area contributed by atoms with E-state index in [0.717, 1.165) is 74.8 Å². The fourth-order valence-corrected chi connectivity index (χ4v) is 5.88. The number of piperazine rings is 1. The lowest BCUT2D eigenvalue weighted by molar-refractivity contribution is -0.140. The predicted molar refractivity (Wildman–Crippen MR) is 120 cm³/mol. The molecule has 5 heteroatoms. The van der Waals surface area contributed by atoms with Crippen LogP contribution in [0.2, 0.25) is 0 Å². The van der Waals surface area contributed by atoms with Gasteiger partial charge in [-0.15, -0.1) is 0 Å². The number of carbonyl (C=O) groups is 2. The van der Waals surface area contributed by atoms with Gasteiger partial charge in [0, 0.05) is 50.5 Å². The maximum absolute atomic E-state index is 14.4. The zero-order valence-electron chi connectivity index (χ0n) is 19.2. The van der Waals surface area contributed by atoms with E-state index < -0.39 is 0 Å². The maximum Gasteiger partial charge on any atom is 0.226 e. The summed E-state index contributed by atoms with van der Waals surface area (Å²) in [7, 11) is 0. The highest BCUT2D eigenvalue weighted by molar-refractivity contribution is 5.84. The zero-order valence-corrected chi connectivity index (χ0v) is 19.2. The van der Waals surface area contributed by atoms with Crippen LogP contribution < -0.4 is 0 Å². The summed E-state index contributed by atoms with van der Waals surface area (Å²) in [5, 5.41) is 0. The quantitative estimate of drug-likeness (QED) is 0.662. The first-order valence-electron chi connectivity index (χ1n) is 12.3. The van der Waals surface area contributed by atoms with Gasteiger partial charge in [-0.3, -0.25) is 14.5 Å². The summed E-state index contributed by atoms with van der Waals surface area (Å²) < 4.78 is 14.4. The van der Waals surface area contributed by atoms with Crippen LogP contribution in [-0.2, 0) is 22.6 Å². The topological polar surface area (TPSA) is 40.6 Å². The molecule has 1 amide bonds. The summed E-state index contributed by atoms with van der Waals surface area (Å²) in [6, 6.07) is 3.35. The Labute approximate surface area is 186 Å². The lowest BCUT2D eigenvalue weighted by Gasteiger charge is -2.41. The molecule has 170 valence electrons. The number of rotatable bonds is 6. The Morgan fingerprint density at radius 1 is 0.968 bits per heavy atom. The van der Waals surface area contributed by atoms with Crippen molar-refractivity contribution in [2.24, 2.45) is 11.8 Å². The molecule has 0 spiro atoms. The molecule has 1 aromatic carbocycles. The number of hydrogen-bond acceptors (Lipinski definition) is 3. The van der Waals surface area contributed by atoms with Crippen molar-refractivity contribution in [3.05, 3.63) is 34.6 Å². The van der Waals surface area contributed by atoms with Crippen LogP contribution in [0.5, 0.6) is 0 Å². The number of Topliss-reactive ketones (excluding diaryl/α,β-unsaturated/α-hetero) is 1. The summed E-state index contributed by atoms with van der Waals surface area (Å²) in [6.07, 6.45) is 9.02. The first kappa shape index (κ1) is 22.4. The molecule has 1 atom stereocenters. The van der Waals surface area contributed by atoms with E-state index >= 15 is 0 Å². The van der Waals surface area contributed by atoms with Crippen LogP contribution in [0, 0.1) is 24.6 Å². The third-order valence-electron chi connectivity index (χ3n) is 7.86. The second-order valence-electron chi connectivity index (χ2n) is 10.1. The van der Waals surface area contributed by atoms with Crippen molar-refractivity contribution in [1.29, 1.82) is 0 Å². The number of hydrogen-bond donors (Lipinski definition) is 0. The van der Waals surface area contributed by atoms with Gasteiger partial charge in [0.25, 0.3) is 0 Å². The molecule has 31 heavy (non-hydrogen) atoms. The molecule has 0 unspecified atom stereocenters. The highest BCUT2D eigenvalue weighted by atomic mass is 19.1. The number of benzene rings is 1. The molecule has 1 heterocycles. The Morgan fingerprint density at radius 2 is 1.58 bits per heavy atom. The van der Waals surface area contributed by atoms with Crippen molar-refractivity contribution < 1.29 is 14.0 Å². The Kier molecular flexibility index (Phi) is 7.10. The Bertz CT molecular complexity index is 812. The average Bonchev–Trinajstić information content (AvgIpc) is 3.45. The van der Waals surface area contributed by atoms with Crippen LogP contribution in [0.25, 0.3) is 0 Å². The molecule has 0 N–H and O–H groups in total. The van der Waals surface area contributed by atoms with Gasteiger partial charge in [0.05, 0.1) is 0 Å². The second-order valence-corrected chi connectivity index (χ2v) is 10.1. The van der Waals surface area contributed by atoms with Crippen molar-refractivity contribution in [2.45, 2.75) is 84.2 Å². The lowest BCUT2D eigenvalue weighted by Crippen LogP contribution is -2.54. The lowest BCUT2D eigenvalue weighted by atomic mass is 9.92. The molecule has 2 aliphatic carbocycles. The number of halogens is 1. The van der Waals surface area contributed by atoms with Gasteiger partial charge < -0.3 is 4.90 Å². The number of carbonyl (C=O) groups excluding carboxylic acids is 2. The van der Waals surface area contributed by atoms with Gasteiger partial charge in [0.15, 0.2) is 0 Å². The van der Waals surface area contributed by atoms with E-state index in [0.29, 0.717) is 18.9 Å². The average molecular weight is 429 g/mol. The SMILES string of the molecule is Cc1c(CC(=O)C2CCCC2)cc(F)cc1CN1CCN(C(=O)C2CCCC2)[C@@H](C)C1. The van der Waals surface area contributed by atoms with Gasteiger partial charge in [-0.1, -0.05) is 25.7 Å². The molecule has 1 aromatic rings. The van der Waals surface area contributed by atoms with Crippen LogP contribution in [0.3, 0.4) is 0 Å². The molecule has 0 bridgehead atoms. The van der Waals surface area contributed by atoms with E-state index in [1.54, 1.807) is 12.1 Å². The highest BCUT2D eigenvalue weighted by Gasteiger charge is 2.33. The fourth-order valence-electron chi connectivity index (χ4n) is 5.88. The molecular formula is C26H37FN2O2. The van der Waals surface area contributed by atoms with Gasteiger partial charge in [0.2, 0.25) is 5.91 Å². The van der Waals surface area contributed by atoms with E-state index in [4.69, 9.17) is 0 Å². The second kappa shape index (κ2) is 9.81. The first-order chi connectivity index (χ1) is 14.9. The van der Waals surface area contributed by atoms with Crippen molar-refractivity contribution in [2.75, 3.05) is 19.6 Å². The van der Waals surface area contributed by atoms with E-state index in [1.165, 1.54) is 12.8 Å². The van der Waals surface area contributed by atoms with Crippen molar-refractivity contribution >= 4 is 11.7 Å². The van der Waals surface area contributed by atoms with Crippen LogP contribution >= 0.6 is 0 Å². The summed E-state index contributed by atoms with van der Waals surface area (Å²) in [6.45, 7) is 7.19. The minimum Gasteiger partial charge on any atom is -0.337 e. The van der Waals surface area contributed by atoms with Crippen molar-refractivity contribution in [3.8, 4) is 0 Å². The van der Waals surface area contributed by atoms with Gasteiger partial charge in [-0.2, -0.15) is 0 Å². The molecule has 1 saturated heterocycles. The largest absolute Gasteiger partial charge is 0.337 e. The number of ketones is 1. The molecule has 2 saturated carbocycles. The van der Waals surface area contributed by atoms with Crippen molar-refractivity contribution in [3.63, 3.8) is 0 Å². The van der Waals surface area contributed by atoms with Gasteiger partial charge >= 0.3 is 0 Å². The molecular weight excluding hydrogens is 391 g/mol. The summed E-state index contributed by atoms with van der Waals surface area (Å²) in [5.74, 6) is 0.735. The van der Waals surface area contributed by atoms with E-state index in [9.17, 15) is 14.0 Å². The monoisotopic (exact) mass is 428 g/mol. The maximum atomic E-state index is 14.4. The fraction of sp³-hybridized carbons (Fsp3) is 0.692. The standard InChI is InChI=1S/C26H37FN2O2/c1-18-16-28(11-12-29(18)26(31)21-9-5-6-10-21)17-23-14-24(27)13-22(19(23)2)15-25(30)20-7-3-4-8-20/h13-14,18,20-21H,3-12,15-17H2,1-2H3/t18-/m0/s1. The van der Waals surface area contributed by atoms with Gasteiger partial charge in [-0.25, -0.2) is 4.39 Å². The Balaban J connectivity index is 1.39. The third-order valence-corrected chi connectivity index (χ3v) is 7.86. The van der Waals surface area contributed by atoms with Gasteiger partial charge in [-0.05, 0) is 68.4 Å². The normalized spacial score (nSPS) is 23.6. The van der Waals surface area contributed by atoms with Crippen LogP contribution in [0.15, 0.2) is 12.1 Å². The van der Waals surface area contributed by atoms with E-state index in [1.807, 2.05) is 6.92 Å². The van der Waals surface area contributed by atoms with Crippen LogP contribution in [-0.4, -0.2) is 47.2 Å². The smallest absolute Gasteiger partial charge is 0.226 e. The summed E-state index contributed by atoms with van der Waals surface area (Å²) in [5.41, 5.74) is 2.86. The van der Waals surface area contributed by atoms with E-state index in [2.05, 4.69) is 16.7 Å². The molecule has 1 aliphatic heterocycles. The molecule has 4 nitrogen and oxygen atoms in total. The molecule has 4 rings (SSSR count). The van der Waals surface area contributed by atoms with Crippen LogP contribution in [0.4, 0.5) is 4.39 Å². The summed E-state index contributed by atoms with van der Waals surface area (Å²) >= 11 is 0. The van der Waals surface area contributed by atoms with Gasteiger partial charge in [0.1, 0.15) is 11.6 Å². The minimum absolute atomic E-state index is 0.164. The Hall–Kier alpha value is -1.75. The zero-order chi connectivity index (χ0) is 22.0. The molecule has 0 radical (unpaired) electrons. The molecule has 3 aliphatic rings. The van der Waals surface area contributed by atoms with Crippen LogP contribution in [0.1, 0.15) is 75.0 Å². The first-order valence-corrected chi connectivity index (χ1v) is 12.3.